The van der Waals surface area contributed by atoms with Gasteiger partial charge in [-0.1, -0.05) is 11.6 Å². The third-order valence-electron chi connectivity index (χ3n) is 2.53. The van der Waals surface area contributed by atoms with Crippen molar-refractivity contribution >= 4 is 35.7 Å². The molecule has 7 nitrogen and oxygen atoms in total. The minimum Gasteiger partial charge on any atom is -0.394 e. The fraction of sp³-hybridized carbons (Fsp3) is 0.231. The van der Waals surface area contributed by atoms with Crippen molar-refractivity contribution in [2.75, 3.05) is 19.8 Å². The second kappa shape index (κ2) is 6.85. The van der Waals surface area contributed by atoms with E-state index < -0.39 is 5.56 Å². The molecule has 0 aliphatic carbocycles. The first kappa shape index (κ1) is 16.6. The van der Waals surface area contributed by atoms with Gasteiger partial charge in [0.1, 0.15) is 11.5 Å². The average molecular weight is 310 g/mol. The highest BCUT2D eigenvalue weighted by Crippen LogP contribution is 2.08. The summed E-state index contributed by atoms with van der Waals surface area (Å²) in [5, 5.41) is 0.303. The van der Waals surface area contributed by atoms with Gasteiger partial charge in [-0.25, -0.2) is 4.99 Å². The molecule has 0 atom stereocenters. The predicted octanol–water partition coefficient (Wildman–Crippen LogP) is 0.981. The molecule has 1 amide bonds. The third-order valence-corrected chi connectivity index (χ3v) is 2.74. The van der Waals surface area contributed by atoms with Gasteiger partial charge >= 0.3 is 0 Å². The first-order valence-electron chi connectivity index (χ1n) is 5.89. The van der Waals surface area contributed by atoms with Crippen molar-refractivity contribution in [3.05, 3.63) is 39.5 Å². The summed E-state index contributed by atoms with van der Waals surface area (Å²) >= 11 is 5.85. The maximum Gasteiger partial charge on any atom is 0.279 e. The number of nitrogens with two attached hydrogens (primary N) is 1. The van der Waals surface area contributed by atoms with Gasteiger partial charge in [0.2, 0.25) is 0 Å². The Morgan fingerprint density at radius 3 is 2.67 bits per heavy atom. The standard InChI is InChI=1S/C13H16ClN5O2/c1-8(17-6-11(16-2)13(21)18(3)4)19-7-9(14)5-10(15)12(19)20/h5-7H,2,15H2,1,3-4H3/b11-6-,17-8+. The lowest BCUT2D eigenvalue weighted by Crippen LogP contribution is -2.27. The highest BCUT2D eigenvalue weighted by Gasteiger charge is 2.10. The molecule has 21 heavy (non-hydrogen) atoms. The lowest BCUT2D eigenvalue weighted by atomic mass is 10.4. The zero-order valence-corrected chi connectivity index (χ0v) is 12.8. The second-order valence-electron chi connectivity index (χ2n) is 4.34. The number of nitrogens with zero attached hydrogens (tertiary/aromatic N) is 4. The smallest absolute Gasteiger partial charge is 0.279 e. The molecule has 0 aliphatic heterocycles. The molecule has 2 N–H and O–H groups in total. The Kier molecular flexibility index (Phi) is 5.43. The van der Waals surface area contributed by atoms with Crippen molar-refractivity contribution in [2.24, 2.45) is 9.98 Å². The molecule has 0 saturated carbocycles. The van der Waals surface area contributed by atoms with Crippen LogP contribution in [0, 0.1) is 0 Å². The normalized spacial score (nSPS) is 12.2. The van der Waals surface area contributed by atoms with Gasteiger partial charge in [0.15, 0.2) is 0 Å². The number of likely N-dealkylation sites (N-methyl/N-ethyl adjacent to an activating group) is 1. The summed E-state index contributed by atoms with van der Waals surface area (Å²) in [6.45, 7) is 4.89. The van der Waals surface area contributed by atoms with Gasteiger partial charge in [-0.3, -0.25) is 19.1 Å². The zero-order chi connectivity index (χ0) is 16.2. The van der Waals surface area contributed by atoms with Crippen LogP contribution in [0.5, 0.6) is 0 Å². The van der Waals surface area contributed by atoms with E-state index in [1.165, 1.54) is 27.9 Å². The number of carbonyl (C=O) groups is 1. The number of halogens is 1. The number of aliphatic imine (C=N–C) groups is 2. The van der Waals surface area contributed by atoms with Gasteiger partial charge in [-0.2, -0.15) is 0 Å². The molecule has 1 aromatic rings. The van der Waals surface area contributed by atoms with Gasteiger partial charge < -0.3 is 10.6 Å². The number of nitrogen functional groups attached to an aromatic ring is 1. The van der Waals surface area contributed by atoms with Crippen LogP contribution in [0.15, 0.2) is 38.9 Å². The molecule has 112 valence electrons. The third kappa shape index (κ3) is 4.03. The summed E-state index contributed by atoms with van der Waals surface area (Å²) in [6.07, 6.45) is 2.62. The maximum absolute atomic E-state index is 11.9. The highest BCUT2D eigenvalue weighted by atomic mass is 35.5. The molecule has 0 aromatic carbocycles. The van der Waals surface area contributed by atoms with Crippen LogP contribution in [-0.4, -0.2) is 42.0 Å². The minimum atomic E-state index is -0.443. The molecule has 1 heterocycles. The number of hydrogen-bond donors (Lipinski definition) is 1. The monoisotopic (exact) mass is 309 g/mol. The molecule has 8 heteroatoms. The Morgan fingerprint density at radius 1 is 1.52 bits per heavy atom. The van der Waals surface area contributed by atoms with Gasteiger partial charge in [-0.15, -0.1) is 0 Å². The van der Waals surface area contributed by atoms with Crippen molar-refractivity contribution in [1.29, 1.82) is 0 Å². The fourth-order valence-corrected chi connectivity index (χ4v) is 1.63. The number of pyridine rings is 1. The lowest BCUT2D eigenvalue weighted by molar-refractivity contribution is -0.124. The van der Waals surface area contributed by atoms with E-state index in [0.717, 1.165) is 0 Å². The highest BCUT2D eigenvalue weighted by molar-refractivity contribution is 6.30. The summed E-state index contributed by atoms with van der Waals surface area (Å²) in [7, 11) is 3.17. The molecule has 1 rings (SSSR count). The Bertz CT molecular complexity index is 688. The summed E-state index contributed by atoms with van der Waals surface area (Å²) in [5.74, 6) is -0.0542. The Hall–Kier alpha value is -2.41. The zero-order valence-electron chi connectivity index (χ0n) is 12.0. The largest absolute Gasteiger partial charge is 0.394 e. The van der Waals surface area contributed by atoms with Crippen LogP contribution in [0.4, 0.5) is 5.69 Å². The van der Waals surface area contributed by atoms with E-state index in [1.54, 1.807) is 21.0 Å². The van der Waals surface area contributed by atoms with E-state index in [2.05, 4.69) is 16.7 Å². The van der Waals surface area contributed by atoms with Crippen molar-refractivity contribution in [3.63, 3.8) is 0 Å². The summed E-state index contributed by atoms with van der Waals surface area (Å²) in [4.78, 5) is 32.6. The lowest BCUT2D eigenvalue weighted by Gasteiger charge is -2.09. The molecule has 0 spiro atoms. The number of anilines is 1. The molecule has 0 aliphatic rings. The van der Waals surface area contributed by atoms with Crippen LogP contribution in [-0.2, 0) is 4.79 Å². The minimum absolute atomic E-state index is 0.00691. The van der Waals surface area contributed by atoms with Crippen LogP contribution >= 0.6 is 11.6 Å². The van der Waals surface area contributed by atoms with Crippen LogP contribution in [0.2, 0.25) is 5.02 Å². The predicted molar refractivity (Wildman–Crippen MR) is 85.0 cm³/mol. The first-order chi connectivity index (χ1) is 9.77. The molecule has 1 aromatic heterocycles. The van der Waals surface area contributed by atoms with E-state index in [-0.39, 0.29) is 17.3 Å². The SMILES string of the molecule is C=N/C(=C\N=C(/C)n1cc(Cl)cc(N)c1=O)C(=O)N(C)C. The van der Waals surface area contributed by atoms with Gasteiger partial charge in [-0.05, 0) is 19.7 Å². The molecule has 0 saturated heterocycles. The second-order valence-corrected chi connectivity index (χ2v) is 4.77. The number of aromatic nitrogens is 1. The van der Waals surface area contributed by atoms with Crippen LogP contribution < -0.4 is 11.3 Å². The Balaban J connectivity index is 3.25. The number of carbonyl (C=O) groups excluding carboxylic acids is 1. The van der Waals surface area contributed by atoms with E-state index >= 15 is 0 Å². The topological polar surface area (TPSA) is 93.0 Å². The maximum atomic E-state index is 11.9. The molecule has 0 bridgehead atoms. The Labute approximate surface area is 127 Å². The average Bonchev–Trinajstić information content (AvgIpc) is 2.42. The van der Waals surface area contributed by atoms with Gasteiger partial charge in [0.05, 0.1) is 16.9 Å². The quantitative estimate of drug-likeness (QED) is 0.512. The van der Waals surface area contributed by atoms with Crippen LogP contribution in [0.3, 0.4) is 0 Å². The fourth-order valence-electron chi connectivity index (χ4n) is 1.42. The van der Waals surface area contributed by atoms with Crippen LogP contribution in [0.1, 0.15) is 6.92 Å². The van der Waals surface area contributed by atoms with E-state index in [4.69, 9.17) is 17.3 Å². The number of amides is 1. The number of hydrogen-bond acceptors (Lipinski definition) is 5. The molecule has 0 radical (unpaired) electrons. The van der Waals surface area contributed by atoms with Crippen molar-refractivity contribution < 1.29 is 4.79 Å². The first-order valence-corrected chi connectivity index (χ1v) is 6.26. The van der Waals surface area contributed by atoms with Crippen LogP contribution in [0.25, 0.3) is 0 Å². The molecule has 0 unspecified atom stereocenters. The summed E-state index contributed by atoms with van der Waals surface area (Å²) in [6, 6.07) is 1.36. The van der Waals surface area contributed by atoms with E-state index in [1.807, 2.05) is 0 Å². The van der Waals surface area contributed by atoms with E-state index in [9.17, 15) is 9.59 Å². The van der Waals surface area contributed by atoms with Gasteiger partial charge in [0, 0.05) is 20.3 Å². The van der Waals surface area contributed by atoms with Gasteiger partial charge in [0.25, 0.3) is 11.5 Å². The Morgan fingerprint density at radius 2 is 2.14 bits per heavy atom. The number of rotatable bonds is 3. The summed E-state index contributed by atoms with van der Waals surface area (Å²) < 4.78 is 1.19. The van der Waals surface area contributed by atoms with Crippen molar-refractivity contribution in [2.45, 2.75) is 6.92 Å². The van der Waals surface area contributed by atoms with Crippen molar-refractivity contribution in [1.82, 2.24) is 9.47 Å². The molecular weight excluding hydrogens is 294 g/mol. The molecular formula is C13H16ClN5O2. The summed E-state index contributed by atoms with van der Waals surface area (Å²) in [5.41, 5.74) is 5.17. The van der Waals surface area contributed by atoms with E-state index in [0.29, 0.717) is 10.9 Å². The van der Waals surface area contributed by atoms with Crippen molar-refractivity contribution in [3.8, 4) is 0 Å². The molecule has 0 fully saturated rings.